The van der Waals surface area contributed by atoms with Crippen LogP contribution in [-0.2, 0) is 32.7 Å². The summed E-state index contributed by atoms with van der Waals surface area (Å²) in [5.74, 6) is 0. The molecular weight excluding hydrogens is 259 g/mol. The fourth-order valence-corrected chi connectivity index (χ4v) is 1.38. The van der Waals surface area contributed by atoms with Gasteiger partial charge in [-0.2, -0.15) is 6.07 Å². The van der Waals surface area contributed by atoms with E-state index in [1.165, 1.54) is 5.56 Å². The van der Waals surface area contributed by atoms with Crippen molar-refractivity contribution in [1.82, 2.24) is 4.98 Å². The van der Waals surface area contributed by atoms with E-state index in [2.05, 4.69) is 42.2 Å². The minimum absolute atomic E-state index is 0. The van der Waals surface area contributed by atoms with Crippen LogP contribution in [0.2, 0.25) is 0 Å². The molecule has 1 aromatic carbocycles. The minimum Gasteiger partial charge on any atom is -0.293 e. The third-order valence-electron chi connectivity index (χ3n) is 2.17. The zero-order valence-electron chi connectivity index (χ0n) is 8.99. The molecule has 0 N–H and O–H groups in total. The van der Waals surface area contributed by atoms with Crippen molar-refractivity contribution in [1.29, 1.82) is 0 Å². The number of hydrogen-bond acceptors (Lipinski definition) is 1. The molecule has 0 aliphatic heterocycles. The monoisotopic (exact) mass is 271 g/mol. The molecule has 2 rings (SSSR count). The smallest absolute Gasteiger partial charge is 0 e. The maximum atomic E-state index is 4.42. The van der Waals surface area contributed by atoms with Gasteiger partial charge >= 0.3 is 0 Å². The average Bonchev–Trinajstić information content (AvgIpc) is 2.19. The molecule has 1 nitrogen and oxygen atoms in total. The van der Waals surface area contributed by atoms with Crippen molar-refractivity contribution in [3.05, 3.63) is 53.7 Å². The van der Waals surface area contributed by atoms with Gasteiger partial charge in [0.25, 0.3) is 0 Å². The van der Waals surface area contributed by atoms with Crippen LogP contribution in [0.3, 0.4) is 0 Å². The Balaban J connectivity index is 0.00000112. The number of benzene rings is 1. The van der Waals surface area contributed by atoms with Gasteiger partial charge < -0.3 is 0 Å². The minimum atomic E-state index is 0. The van der Waals surface area contributed by atoms with Crippen LogP contribution >= 0.6 is 0 Å². The molecule has 0 bridgehead atoms. The molecule has 0 saturated heterocycles. The first-order valence-corrected chi connectivity index (χ1v) is 4.68. The van der Waals surface area contributed by atoms with Gasteiger partial charge in [-0.05, 0) is 25.1 Å². The molecule has 0 aliphatic rings. The van der Waals surface area contributed by atoms with E-state index < -0.39 is 0 Å². The van der Waals surface area contributed by atoms with E-state index >= 15 is 0 Å². The topological polar surface area (TPSA) is 12.9 Å². The van der Waals surface area contributed by atoms with Crippen molar-refractivity contribution in [3.8, 4) is 11.3 Å². The molecule has 0 amide bonds. The first kappa shape index (κ1) is 12.5. The molecule has 2 aromatic rings. The van der Waals surface area contributed by atoms with Gasteiger partial charge in [-0.1, -0.05) is 35.5 Å². The van der Waals surface area contributed by atoms with Gasteiger partial charge in [-0.15, -0.1) is 0 Å². The fourth-order valence-electron chi connectivity index (χ4n) is 1.38. The van der Waals surface area contributed by atoms with Crippen molar-refractivity contribution in [2.24, 2.45) is 0 Å². The molecular formula is C13H12NY-. The van der Waals surface area contributed by atoms with Gasteiger partial charge in [0.1, 0.15) is 0 Å². The standard InChI is InChI=1S/C13H12N.Y/c1-10-6-8-12(9-7-10)13-5-3-4-11(2)14-13;/h3,5-9H,1-2H3;/q-1;. The summed E-state index contributed by atoms with van der Waals surface area (Å²) in [6, 6.07) is 15.3. The quantitative estimate of drug-likeness (QED) is 0.726. The van der Waals surface area contributed by atoms with E-state index in [-0.39, 0.29) is 32.7 Å². The zero-order chi connectivity index (χ0) is 9.97. The number of aromatic nitrogens is 1. The summed E-state index contributed by atoms with van der Waals surface area (Å²) < 4.78 is 0. The molecule has 1 aromatic heterocycles. The molecule has 0 aliphatic carbocycles. The molecule has 1 heterocycles. The van der Waals surface area contributed by atoms with Gasteiger partial charge in [0, 0.05) is 32.7 Å². The van der Waals surface area contributed by atoms with Crippen molar-refractivity contribution in [2.75, 3.05) is 0 Å². The first-order valence-electron chi connectivity index (χ1n) is 4.68. The maximum Gasteiger partial charge on any atom is 0 e. The second-order valence-electron chi connectivity index (χ2n) is 3.43. The Morgan fingerprint density at radius 2 is 1.67 bits per heavy atom. The second kappa shape index (κ2) is 5.53. The molecule has 0 fully saturated rings. The third-order valence-corrected chi connectivity index (χ3v) is 2.17. The molecule has 0 spiro atoms. The number of pyridine rings is 1. The molecule has 73 valence electrons. The van der Waals surface area contributed by atoms with E-state index in [9.17, 15) is 0 Å². The summed E-state index contributed by atoms with van der Waals surface area (Å²) in [5.41, 5.74) is 4.38. The van der Waals surface area contributed by atoms with Crippen molar-refractivity contribution in [2.45, 2.75) is 13.8 Å². The van der Waals surface area contributed by atoms with Crippen LogP contribution in [0.1, 0.15) is 11.3 Å². The fraction of sp³-hybridized carbons (Fsp3) is 0.154. The van der Waals surface area contributed by atoms with Gasteiger partial charge in [0.05, 0.1) is 0 Å². The summed E-state index contributed by atoms with van der Waals surface area (Å²) in [5, 5.41) is 0. The summed E-state index contributed by atoms with van der Waals surface area (Å²) in [6.45, 7) is 4.04. The number of hydrogen-bond donors (Lipinski definition) is 0. The second-order valence-corrected chi connectivity index (χ2v) is 3.43. The van der Waals surface area contributed by atoms with Gasteiger partial charge in [-0.3, -0.25) is 4.98 Å². The van der Waals surface area contributed by atoms with Crippen molar-refractivity contribution in [3.63, 3.8) is 0 Å². The third kappa shape index (κ3) is 3.22. The Kier molecular flexibility index (Phi) is 4.62. The number of nitrogens with zero attached hydrogens (tertiary/aromatic N) is 1. The summed E-state index contributed by atoms with van der Waals surface area (Å²) in [4.78, 5) is 4.42. The zero-order valence-corrected chi connectivity index (χ0v) is 11.8. The van der Waals surface area contributed by atoms with Gasteiger partial charge in [0.15, 0.2) is 0 Å². The van der Waals surface area contributed by atoms with Crippen LogP contribution in [0.4, 0.5) is 0 Å². The summed E-state index contributed by atoms with van der Waals surface area (Å²) in [7, 11) is 0. The van der Waals surface area contributed by atoms with Crippen LogP contribution in [0, 0.1) is 19.9 Å². The van der Waals surface area contributed by atoms with E-state index in [1.807, 2.05) is 19.1 Å². The predicted molar refractivity (Wildman–Crippen MR) is 58.0 cm³/mol. The molecule has 15 heavy (non-hydrogen) atoms. The predicted octanol–water partition coefficient (Wildman–Crippen LogP) is 3.16. The van der Waals surface area contributed by atoms with Crippen LogP contribution < -0.4 is 0 Å². The van der Waals surface area contributed by atoms with Gasteiger partial charge in [-0.25, -0.2) is 12.1 Å². The molecule has 0 atom stereocenters. The van der Waals surface area contributed by atoms with E-state index in [4.69, 9.17) is 0 Å². The Bertz CT molecular complexity index is 435. The Morgan fingerprint density at radius 3 is 2.27 bits per heavy atom. The van der Waals surface area contributed by atoms with Crippen molar-refractivity contribution < 1.29 is 32.7 Å². The number of rotatable bonds is 1. The number of aryl methyl sites for hydroxylation is 2. The van der Waals surface area contributed by atoms with Crippen LogP contribution in [0.5, 0.6) is 0 Å². The molecule has 2 heteroatoms. The van der Waals surface area contributed by atoms with Crippen molar-refractivity contribution >= 4 is 0 Å². The Labute approximate surface area is 116 Å². The van der Waals surface area contributed by atoms with Gasteiger partial charge in [0.2, 0.25) is 0 Å². The van der Waals surface area contributed by atoms with Crippen LogP contribution in [0.15, 0.2) is 36.4 Å². The maximum absolute atomic E-state index is 4.42. The summed E-state index contributed by atoms with van der Waals surface area (Å²) >= 11 is 0. The Hall–Kier alpha value is -0.526. The first-order chi connectivity index (χ1) is 6.75. The normalized spacial score (nSPS) is 9.47. The Morgan fingerprint density at radius 1 is 1.00 bits per heavy atom. The van der Waals surface area contributed by atoms with Crippen LogP contribution in [0.25, 0.3) is 11.3 Å². The van der Waals surface area contributed by atoms with E-state index in [1.54, 1.807) is 0 Å². The largest absolute Gasteiger partial charge is 0.293 e. The molecule has 1 radical (unpaired) electrons. The SMILES string of the molecule is Cc1ccc(-c2cc[c-]c(C)n2)cc1.[Y]. The molecule has 0 unspecified atom stereocenters. The van der Waals surface area contributed by atoms with E-state index in [0.29, 0.717) is 0 Å². The molecule has 0 saturated carbocycles. The van der Waals surface area contributed by atoms with Crippen LogP contribution in [-0.4, -0.2) is 4.98 Å². The summed E-state index contributed by atoms with van der Waals surface area (Å²) in [6.07, 6.45) is 0. The van der Waals surface area contributed by atoms with E-state index in [0.717, 1.165) is 17.0 Å². The average molecular weight is 271 g/mol.